The van der Waals surface area contributed by atoms with Gasteiger partial charge < -0.3 is 5.32 Å². The van der Waals surface area contributed by atoms with Gasteiger partial charge in [0.1, 0.15) is 23.3 Å². The molecule has 92 valence electrons. The summed E-state index contributed by atoms with van der Waals surface area (Å²) in [5.41, 5.74) is 0.472. The highest BCUT2D eigenvalue weighted by atomic mass is 15.3. The van der Waals surface area contributed by atoms with Crippen LogP contribution < -0.4 is 5.32 Å². The average molecular weight is 242 g/mol. The Balaban J connectivity index is 1.86. The number of nitriles is 1. The zero-order valence-electron chi connectivity index (χ0n) is 10.2. The summed E-state index contributed by atoms with van der Waals surface area (Å²) in [7, 11) is 0. The Bertz CT molecular complexity index is 540. The number of hydrogen-bond donors (Lipinski definition) is 1. The zero-order chi connectivity index (χ0) is 12.8. The van der Waals surface area contributed by atoms with Crippen molar-refractivity contribution in [2.45, 2.75) is 19.9 Å². The second-order valence-electron chi connectivity index (χ2n) is 3.84. The Morgan fingerprint density at radius 1 is 1.50 bits per heavy atom. The monoisotopic (exact) mass is 242 g/mol. The van der Waals surface area contributed by atoms with Crippen molar-refractivity contribution < 1.29 is 0 Å². The summed E-state index contributed by atoms with van der Waals surface area (Å²) in [4.78, 5) is 8.20. The lowest BCUT2D eigenvalue weighted by Gasteiger charge is -2.07. The molecule has 18 heavy (non-hydrogen) atoms. The Kier molecular flexibility index (Phi) is 3.86. The van der Waals surface area contributed by atoms with Crippen molar-refractivity contribution in [1.29, 1.82) is 5.26 Å². The molecular weight excluding hydrogens is 228 g/mol. The summed E-state index contributed by atoms with van der Waals surface area (Å²) in [6.07, 6.45) is 6.14. The van der Waals surface area contributed by atoms with Gasteiger partial charge in [0.2, 0.25) is 0 Å². The largest absolute Gasteiger partial charge is 0.369 e. The van der Waals surface area contributed by atoms with E-state index in [2.05, 4.69) is 26.5 Å². The lowest BCUT2D eigenvalue weighted by molar-refractivity contribution is 0.591. The molecule has 2 aromatic rings. The molecule has 0 aliphatic carbocycles. The molecule has 0 aromatic carbocycles. The average Bonchev–Trinajstić information content (AvgIpc) is 2.88. The minimum absolute atomic E-state index is 0.472. The Morgan fingerprint density at radius 2 is 2.39 bits per heavy atom. The van der Waals surface area contributed by atoms with Crippen LogP contribution in [-0.2, 0) is 6.54 Å². The van der Waals surface area contributed by atoms with Crippen molar-refractivity contribution in [2.75, 3.05) is 11.9 Å². The highest BCUT2D eigenvalue weighted by Crippen LogP contribution is 2.09. The molecule has 0 aliphatic rings. The molecule has 2 rings (SSSR count). The van der Waals surface area contributed by atoms with Gasteiger partial charge in [0.05, 0.1) is 6.20 Å². The molecule has 0 radical (unpaired) electrons. The number of hydrogen-bond acceptors (Lipinski definition) is 5. The van der Waals surface area contributed by atoms with Crippen molar-refractivity contribution in [3.8, 4) is 6.07 Å². The molecular formula is C12H14N6. The maximum absolute atomic E-state index is 8.93. The van der Waals surface area contributed by atoms with Gasteiger partial charge in [-0.15, -0.1) is 0 Å². The first-order valence-electron chi connectivity index (χ1n) is 5.74. The number of aryl methyl sites for hydroxylation is 2. The second-order valence-corrected chi connectivity index (χ2v) is 3.84. The SMILES string of the molecule is Cc1ncc(C#N)c(NCCCn2cccn2)n1. The Morgan fingerprint density at radius 3 is 3.11 bits per heavy atom. The van der Waals surface area contributed by atoms with Crippen LogP contribution in [0.1, 0.15) is 17.8 Å². The summed E-state index contributed by atoms with van der Waals surface area (Å²) in [6.45, 7) is 3.38. The summed E-state index contributed by atoms with van der Waals surface area (Å²) in [6, 6.07) is 3.97. The second kappa shape index (κ2) is 5.77. The first-order chi connectivity index (χ1) is 8.79. The smallest absolute Gasteiger partial charge is 0.147 e. The minimum Gasteiger partial charge on any atom is -0.369 e. The maximum Gasteiger partial charge on any atom is 0.147 e. The molecule has 0 spiro atoms. The van der Waals surface area contributed by atoms with Gasteiger partial charge in [-0.05, 0) is 19.4 Å². The third-order valence-electron chi connectivity index (χ3n) is 2.45. The molecule has 0 aliphatic heterocycles. The topological polar surface area (TPSA) is 79.4 Å². The molecule has 0 saturated heterocycles. The summed E-state index contributed by atoms with van der Waals surface area (Å²) in [5, 5.41) is 16.2. The van der Waals surface area contributed by atoms with Crippen LogP contribution in [0.4, 0.5) is 5.82 Å². The summed E-state index contributed by atoms with van der Waals surface area (Å²) < 4.78 is 1.87. The van der Waals surface area contributed by atoms with E-state index in [4.69, 9.17) is 5.26 Å². The molecule has 2 aromatic heterocycles. The van der Waals surface area contributed by atoms with E-state index in [0.717, 1.165) is 19.5 Å². The van der Waals surface area contributed by atoms with Crippen LogP contribution in [0.25, 0.3) is 0 Å². The third-order valence-corrected chi connectivity index (χ3v) is 2.45. The normalized spacial score (nSPS) is 10.0. The van der Waals surface area contributed by atoms with Crippen LogP contribution in [0.3, 0.4) is 0 Å². The number of nitrogens with one attached hydrogen (secondary N) is 1. The Hall–Kier alpha value is -2.42. The predicted octanol–water partition coefficient (Wildman–Crippen LogP) is 1.36. The molecule has 0 atom stereocenters. The van der Waals surface area contributed by atoms with Gasteiger partial charge in [-0.1, -0.05) is 0 Å². The van der Waals surface area contributed by atoms with Gasteiger partial charge in [-0.2, -0.15) is 10.4 Å². The van der Waals surface area contributed by atoms with Gasteiger partial charge in [-0.25, -0.2) is 9.97 Å². The van der Waals surface area contributed by atoms with Crippen LogP contribution in [0, 0.1) is 18.3 Å². The molecule has 0 saturated carbocycles. The fourth-order valence-corrected chi connectivity index (χ4v) is 1.57. The van der Waals surface area contributed by atoms with E-state index in [0.29, 0.717) is 17.2 Å². The van der Waals surface area contributed by atoms with Crippen molar-refractivity contribution in [1.82, 2.24) is 19.7 Å². The van der Waals surface area contributed by atoms with E-state index in [9.17, 15) is 0 Å². The quantitative estimate of drug-likeness (QED) is 0.801. The van der Waals surface area contributed by atoms with Crippen molar-refractivity contribution >= 4 is 5.82 Å². The van der Waals surface area contributed by atoms with E-state index < -0.39 is 0 Å². The fraction of sp³-hybridized carbons (Fsp3) is 0.333. The van der Waals surface area contributed by atoms with E-state index in [1.165, 1.54) is 6.20 Å². The van der Waals surface area contributed by atoms with E-state index in [-0.39, 0.29) is 0 Å². The van der Waals surface area contributed by atoms with Crippen LogP contribution in [0.2, 0.25) is 0 Å². The molecule has 0 fully saturated rings. The number of aromatic nitrogens is 4. The lowest BCUT2D eigenvalue weighted by Crippen LogP contribution is -2.10. The van der Waals surface area contributed by atoms with Gasteiger partial charge >= 0.3 is 0 Å². The van der Waals surface area contributed by atoms with Crippen LogP contribution in [0.15, 0.2) is 24.7 Å². The molecule has 1 N–H and O–H groups in total. The lowest BCUT2D eigenvalue weighted by atomic mass is 10.3. The van der Waals surface area contributed by atoms with Gasteiger partial charge in [-0.3, -0.25) is 4.68 Å². The highest BCUT2D eigenvalue weighted by molar-refractivity contribution is 5.50. The van der Waals surface area contributed by atoms with Gasteiger partial charge in [0.15, 0.2) is 0 Å². The van der Waals surface area contributed by atoms with Crippen molar-refractivity contribution in [3.63, 3.8) is 0 Å². The minimum atomic E-state index is 0.472. The molecule has 0 amide bonds. The predicted molar refractivity (Wildman–Crippen MR) is 66.8 cm³/mol. The van der Waals surface area contributed by atoms with Gasteiger partial charge in [0.25, 0.3) is 0 Å². The molecule has 6 heteroatoms. The number of anilines is 1. The summed E-state index contributed by atoms with van der Waals surface area (Å²) >= 11 is 0. The van der Waals surface area contributed by atoms with Crippen molar-refractivity contribution in [3.05, 3.63) is 36.0 Å². The number of nitrogens with zero attached hydrogens (tertiary/aromatic N) is 5. The standard InChI is InChI=1S/C12H14N6/c1-10-15-9-11(8-13)12(17-10)14-4-2-6-18-7-3-5-16-18/h3,5,7,9H,2,4,6H2,1H3,(H,14,15,17). The third kappa shape index (κ3) is 3.04. The fourth-order valence-electron chi connectivity index (χ4n) is 1.57. The first kappa shape index (κ1) is 12.0. The molecule has 6 nitrogen and oxygen atoms in total. The first-order valence-corrected chi connectivity index (χ1v) is 5.74. The molecule has 0 unspecified atom stereocenters. The van der Waals surface area contributed by atoms with Gasteiger partial charge in [0, 0.05) is 25.5 Å². The van der Waals surface area contributed by atoms with Crippen molar-refractivity contribution in [2.24, 2.45) is 0 Å². The zero-order valence-corrected chi connectivity index (χ0v) is 10.2. The maximum atomic E-state index is 8.93. The van der Waals surface area contributed by atoms with Crippen LogP contribution in [0.5, 0.6) is 0 Å². The van der Waals surface area contributed by atoms with Crippen LogP contribution in [-0.4, -0.2) is 26.3 Å². The van der Waals surface area contributed by atoms with Crippen LogP contribution >= 0.6 is 0 Å². The highest BCUT2D eigenvalue weighted by Gasteiger charge is 2.03. The molecule has 2 heterocycles. The number of rotatable bonds is 5. The molecule has 0 bridgehead atoms. The Labute approximate surface area is 105 Å². The summed E-state index contributed by atoms with van der Waals surface area (Å²) in [5.74, 6) is 1.26. The van der Waals surface area contributed by atoms with E-state index >= 15 is 0 Å². The van der Waals surface area contributed by atoms with E-state index in [1.807, 2.05) is 16.9 Å². The van der Waals surface area contributed by atoms with E-state index in [1.54, 1.807) is 13.1 Å².